The summed E-state index contributed by atoms with van der Waals surface area (Å²) < 4.78 is 5.38. The summed E-state index contributed by atoms with van der Waals surface area (Å²) in [5, 5.41) is 36.6. The van der Waals surface area contributed by atoms with E-state index in [0.717, 1.165) is 0 Å². The normalized spacial score (nSPS) is 23.4. The number of hydrogen-bond acceptors (Lipinski definition) is 6. The molecule has 0 spiro atoms. The van der Waals surface area contributed by atoms with E-state index in [2.05, 4.69) is 10.6 Å². The third-order valence-electron chi connectivity index (χ3n) is 4.62. The minimum atomic E-state index is -1.87. The number of hydroxylamine groups is 2. The van der Waals surface area contributed by atoms with E-state index >= 15 is 0 Å². The molecule has 1 aliphatic heterocycles. The van der Waals surface area contributed by atoms with Crippen molar-refractivity contribution in [3.05, 3.63) is 66.2 Å². The highest BCUT2D eigenvalue weighted by Gasteiger charge is 2.49. The Morgan fingerprint density at radius 3 is 2.38 bits per heavy atom. The van der Waals surface area contributed by atoms with Gasteiger partial charge in [0.25, 0.3) is 5.91 Å². The number of para-hydroxylation sites is 1. The van der Waals surface area contributed by atoms with E-state index in [9.17, 15) is 25.0 Å². The number of benzene rings is 2. The molecule has 29 heavy (non-hydrogen) atoms. The molecule has 0 aliphatic carbocycles. The quantitative estimate of drug-likeness (QED) is 0.360. The summed E-state index contributed by atoms with van der Waals surface area (Å²) in [6.07, 6.45) is -2.32. The van der Waals surface area contributed by atoms with Gasteiger partial charge in [0.1, 0.15) is 17.8 Å². The Hall–Kier alpha value is -2.98. The van der Waals surface area contributed by atoms with Gasteiger partial charge in [-0.2, -0.15) is 0 Å². The Balaban J connectivity index is 1.52. The number of nitrogens with zero attached hydrogens (tertiary/aromatic N) is 1. The highest BCUT2D eigenvalue weighted by Crippen LogP contribution is 2.26. The summed E-state index contributed by atoms with van der Waals surface area (Å²) in [4.78, 5) is 24.2. The van der Waals surface area contributed by atoms with Gasteiger partial charge in [-0.05, 0) is 24.3 Å². The topological polar surface area (TPSA) is 131 Å². The molecule has 0 bridgehead atoms. The lowest BCUT2D eigenvalue weighted by Crippen LogP contribution is -2.54. The summed E-state index contributed by atoms with van der Waals surface area (Å²) in [5.74, 6) is -0.713. The summed E-state index contributed by atoms with van der Waals surface area (Å²) in [7, 11) is 0. The first-order chi connectivity index (χ1) is 13.9. The van der Waals surface area contributed by atoms with Gasteiger partial charge in [-0.15, -0.1) is 0 Å². The number of anilines is 1. The SMILES string of the molecule is O=C(NC[C@H]1OC[C@@](O)(CN(O)C(=O)c2ccccc2)[C@@H]1O)Nc1ccccc1. The van der Waals surface area contributed by atoms with Gasteiger partial charge < -0.3 is 25.6 Å². The molecule has 0 saturated carbocycles. The van der Waals surface area contributed by atoms with Crippen molar-refractivity contribution in [2.75, 3.05) is 25.0 Å². The smallest absolute Gasteiger partial charge is 0.319 e. The van der Waals surface area contributed by atoms with Crippen LogP contribution in [0, 0.1) is 0 Å². The molecule has 0 radical (unpaired) electrons. The second-order valence-electron chi connectivity index (χ2n) is 6.83. The fourth-order valence-corrected chi connectivity index (χ4v) is 3.03. The molecule has 2 aromatic carbocycles. The average Bonchev–Trinajstić information content (AvgIpc) is 3.01. The predicted molar refractivity (Wildman–Crippen MR) is 103 cm³/mol. The van der Waals surface area contributed by atoms with Crippen molar-refractivity contribution >= 4 is 17.6 Å². The van der Waals surface area contributed by atoms with Crippen molar-refractivity contribution in [2.45, 2.75) is 17.8 Å². The van der Waals surface area contributed by atoms with Gasteiger partial charge in [0, 0.05) is 17.8 Å². The van der Waals surface area contributed by atoms with E-state index in [1.165, 1.54) is 12.1 Å². The number of carbonyl (C=O) groups is 2. The maximum absolute atomic E-state index is 12.2. The van der Waals surface area contributed by atoms with Crippen molar-refractivity contribution < 1.29 is 29.7 Å². The number of ether oxygens (including phenoxy) is 1. The number of urea groups is 1. The molecular weight excluding hydrogens is 378 g/mol. The van der Waals surface area contributed by atoms with Gasteiger partial charge >= 0.3 is 6.03 Å². The van der Waals surface area contributed by atoms with Crippen LogP contribution in [-0.2, 0) is 4.74 Å². The highest BCUT2D eigenvalue weighted by molar-refractivity contribution is 5.93. The van der Waals surface area contributed by atoms with Crippen LogP contribution < -0.4 is 10.6 Å². The van der Waals surface area contributed by atoms with E-state index in [1.807, 2.05) is 6.07 Å². The minimum Gasteiger partial charge on any atom is -0.387 e. The lowest BCUT2D eigenvalue weighted by molar-refractivity contribution is -0.133. The van der Waals surface area contributed by atoms with Crippen LogP contribution in [0.4, 0.5) is 10.5 Å². The molecule has 3 rings (SSSR count). The Morgan fingerprint density at radius 2 is 1.72 bits per heavy atom. The van der Waals surface area contributed by atoms with Crippen molar-refractivity contribution in [1.82, 2.24) is 10.4 Å². The van der Waals surface area contributed by atoms with E-state index < -0.39 is 36.3 Å². The summed E-state index contributed by atoms with van der Waals surface area (Å²) >= 11 is 0. The number of hydrogen-bond donors (Lipinski definition) is 5. The van der Waals surface area contributed by atoms with Crippen LogP contribution in [0.3, 0.4) is 0 Å². The monoisotopic (exact) mass is 401 g/mol. The molecule has 5 N–H and O–H groups in total. The first-order valence-electron chi connectivity index (χ1n) is 9.07. The molecule has 1 fully saturated rings. The first-order valence-corrected chi connectivity index (χ1v) is 9.07. The Morgan fingerprint density at radius 1 is 1.10 bits per heavy atom. The van der Waals surface area contributed by atoms with Crippen LogP contribution in [0.2, 0.25) is 0 Å². The summed E-state index contributed by atoms with van der Waals surface area (Å²) in [6, 6.07) is 16.4. The standard InChI is InChI=1S/C20H23N3O6/c24-17-16(11-21-19(26)22-15-9-5-2-6-10-15)29-13-20(17,27)12-23(28)18(25)14-7-3-1-4-8-14/h1-10,16-17,24,27-28H,11-13H2,(H2,21,22,26)/t16-,17-,20+/m1/s1. The van der Waals surface area contributed by atoms with Gasteiger partial charge in [0.2, 0.25) is 0 Å². The zero-order chi connectivity index (χ0) is 20.9. The largest absolute Gasteiger partial charge is 0.387 e. The van der Waals surface area contributed by atoms with Crippen molar-refractivity contribution in [1.29, 1.82) is 0 Å². The minimum absolute atomic E-state index is 0.0692. The van der Waals surface area contributed by atoms with Gasteiger partial charge in [0.05, 0.1) is 13.2 Å². The summed E-state index contributed by atoms with van der Waals surface area (Å²) in [5.41, 5.74) is -1.03. The molecule has 9 nitrogen and oxygen atoms in total. The molecular formula is C20H23N3O6. The Kier molecular flexibility index (Phi) is 6.45. The number of nitrogens with one attached hydrogen (secondary N) is 2. The van der Waals surface area contributed by atoms with Crippen LogP contribution in [-0.4, -0.2) is 69.9 Å². The third-order valence-corrected chi connectivity index (χ3v) is 4.62. The van der Waals surface area contributed by atoms with Crippen molar-refractivity contribution in [3.8, 4) is 0 Å². The molecule has 3 amide bonds. The molecule has 1 heterocycles. The molecule has 0 aromatic heterocycles. The second-order valence-corrected chi connectivity index (χ2v) is 6.83. The zero-order valence-corrected chi connectivity index (χ0v) is 15.6. The maximum atomic E-state index is 12.2. The number of carbonyl (C=O) groups excluding carboxylic acids is 2. The average molecular weight is 401 g/mol. The van der Waals surface area contributed by atoms with Gasteiger partial charge in [-0.25, -0.2) is 9.86 Å². The van der Waals surface area contributed by atoms with Crippen LogP contribution in [0.1, 0.15) is 10.4 Å². The number of rotatable bonds is 6. The highest BCUT2D eigenvalue weighted by atomic mass is 16.5. The number of aliphatic hydroxyl groups excluding tert-OH is 1. The Bertz CT molecular complexity index is 835. The van der Waals surface area contributed by atoms with Crippen LogP contribution in [0.25, 0.3) is 0 Å². The van der Waals surface area contributed by atoms with E-state index in [0.29, 0.717) is 10.8 Å². The van der Waals surface area contributed by atoms with Crippen LogP contribution in [0.5, 0.6) is 0 Å². The molecule has 1 saturated heterocycles. The van der Waals surface area contributed by atoms with Crippen LogP contribution in [0.15, 0.2) is 60.7 Å². The van der Waals surface area contributed by atoms with Crippen molar-refractivity contribution in [3.63, 3.8) is 0 Å². The zero-order valence-electron chi connectivity index (χ0n) is 15.6. The fourth-order valence-electron chi connectivity index (χ4n) is 3.03. The number of aliphatic hydroxyl groups is 2. The van der Waals surface area contributed by atoms with Gasteiger partial charge in [-0.1, -0.05) is 36.4 Å². The van der Waals surface area contributed by atoms with Crippen LogP contribution >= 0.6 is 0 Å². The number of amides is 3. The molecule has 3 atom stereocenters. The molecule has 9 heteroatoms. The molecule has 0 unspecified atom stereocenters. The molecule has 154 valence electrons. The van der Waals surface area contributed by atoms with Crippen molar-refractivity contribution in [2.24, 2.45) is 0 Å². The van der Waals surface area contributed by atoms with Gasteiger partial charge in [0.15, 0.2) is 0 Å². The second kappa shape index (κ2) is 9.01. The summed E-state index contributed by atoms with van der Waals surface area (Å²) in [6.45, 7) is -0.922. The Labute approximate surface area is 167 Å². The third kappa shape index (κ3) is 5.09. The van der Waals surface area contributed by atoms with E-state index in [-0.39, 0.29) is 18.7 Å². The molecule has 1 aliphatic rings. The predicted octanol–water partition coefficient (Wildman–Crippen LogP) is 0.831. The maximum Gasteiger partial charge on any atom is 0.319 e. The van der Waals surface area contributed by atoms with E-state index in [4.69, 9.17) is 4.74 Å². The molecule has 2 aromatic rings. The van der Waals surface area contributed by atoms with E-state index in [1.54, 1.807) is 42.5 Å². The van der Waals surface area contributed by atoms with Gasteiger partial charge in [-0.3, -0.25) is 10.0 Å². The fraction of sp³-hybridized carbons (Fsp3) is 0.300. The first kappa shape index (κ1) is 20.7. The lowest BCUT2D eigenvalue weighted by Gasteiger charge is -2.29. The lowest BCUT2D eigenvalue weighted by atomic mass is 9.96.